The van der Waals surface area contributed by atoms with Crippen molar-refractivity contribution in [3.8, 4) is 11.5 Å². The van der Waals surface area contributed by atoms with E-state index in [2.05, 4.69) is 15.5 Å². The quantitative estimate of drug-likeness (QED) is 0.649. The molecule has 0 bridgehead atoms. The van der Waals surface area contributed by atoms with Crippen molar-refractivity contribution in [3.05, 3.63) is 39.2 Å². The van der Waals surface area contributed by atoms with Crippen LogP contribution in [0.5, 0.6) is 0 Å². The van der Waals surface area contributed by atoms with Crippen molar-refractivity contribution in [2.75, 3.05) is 6.54 Å². The second-order valence-corrected chi connectivity index (χ2v) is 4.86. The third-order valence-electron chi connectivity index (χ3n) is 2.94. The molecule has 8 heteroatoms. The van der Waals surface area contributed by atoms with Gasteiger partial charge in [-0.1, -0.05) is 25.4 Å². The van der Waals surface area contributed by atoms with Gasteiger partial charge < -0.3 is 9.73 Å². The molecule has 112 valence electrons. The molecular formula is C13H15ClN4O3. The summed E-state index contributed by atoms with van der Waals surface area (Å²) in [5.41, 5.74) is 0.315. The molecule has 1 unspecified atom stereocenters. The number of nitrogens with zero attached hydrogens (tertiary/aromatic N) is 3. The SMILES string of the molecule is CCNC(CC)c1nnc(-c2cc(Cl)cc([N+](=O)[O-])c2)o1. The minimum absolute atomic E-state index is 0.0366. The van der Waals surface area contributed by atoms with Gasteiger partial charge in [-0.3, -0.25) is 10.1 Å². The average molecular weight is 311 g/mol. The first kappa shape index (κ1) is 15.4. The molecule has 0 spiro atoms. The number of hydrogen-bond donors (Lipinski definition) is 1. The van der Waals surface area contributed by atoms with E-state index in [4.69, 9.17) is 16.0 Å². The molecule has 1 heterocycles. The first-order valence-electron chi connectivity index (χ1n) is 6.57. The minimum atomic E-state index is -0.514. The number of nitro benzene ring substituents is 1. The fourth-order valence-electron chi connectivity index (χ4n) is 1.95. The van der Waals surface area contributed by atoms with E-state index in [0.717, 1.165) is 13.0 Å². The zero-order valence-electron chi connectivity index (χ0n) is 11.7. The second kappa shape index (κ2) is 6.64. The molecule has 7 nitrogen and oxygen atoms in total. The zero-order valence-corrected chi connectivity index (χ0v) is 12.4. The van der Waals surface area contributed by atoms with Crippen molar-refractivity contribution in [2.45, 2.75) is 26.3 Å². The molecule has 0 fully saturated rings. The predicted molar refractivity (Wildman–Crippen MR) is 78.1 cm³/mol. The summed E-state index contributed by atoms with van der Waals surface area (Å²) < 4.78 is 5.60. The number of hydrogen-bond acceptors (Lipinski definition) is 6. The maximum Gasteiger partial charge on any atom is 0.271 e. The standard InChI is InChI=1S/C13H15ClN4O3/c1-3-11(15-4-2)13-17-16-12(21-13)8-5-9(14)7-10(6-8)18(19)20/h5-7,11,15H,3-4H2,1-2H3. The van der Waals surface area contributed by atoms with Gasteiger partial charge in [0, 0.05) is 22.7 Å². The number of benzene rings is 1. The van der Waals surface area contributed by atoms with Crippen molar-refractivity contribution < 1.29 is 9.34 Å². The molecule has 0 saturated heterocycles. The first-order chi connectivity index (χ1) is 10.0. The zero-order chi connectivity index (χ0) is 15.4. The molecule has 1 N–H and O–H groups in total. The Bertz CT molecular complexity index is 644. The highest BCUT2D eigenvalue weighted by molar-refractivity contribution is 6.31. The van der Waals surface area contributed by atoms with Crippen LogP contribution in [-0.2, 0) is 0 Å². The molecule has 1 atom stereocenters. The van der Waals surface area contributed by atoms with Crippen LogP contribution in [0.15, 0.2) is 22.6 Å². The fraction of sp³-hybridized carbons (Fsp3) is 0.385. The lowest BCUT2D eigenvalue weighted by Gasteiger charge is -2.10. The van der Waals surface area contributed by atoms with Crippen molar-refractivity contribution in [1.82, 2.24) is 15.5 Å². The number of nitro groups is 1. The Morgan fingerprint density at radius 1 is 1.38 bits per heavy atom. The van der Waals surface area contributed by atoms with Gasteiger partial charge in [-0.25, -0.2) is 0 Å². The van der Waals surface area contributed by atoms with Crippen LogP contribution in [0.4, 0.5) is 5.69 Å². The number of halogens is 1. The molecule has 2 rings (SSSR count). The monoisotopic (exact) mass is 310 g/mol. The Kier molecular flexibility index (Phi) is 4.87. The van der Waals surface area contributed by atoms with Crippen molar-refractivity contribution >= 4 is 17.3 Å². The van der Waals surface area contributed by atoms with Crippen LogP contribution in [0.2, 0.25) is 5.02 Å². The Morgan fingerprint density at radius 2 is 2.14 bits per heavy atom. The van der Waals surface area contributed by atoms with E-state index in [9.17, 15) is 10.1 Å². The molecule has 0 saturated carbocycles. The van der Waals surface area contributed by atoms with Crippen molar-refractivity contribution in [3.63, 3.8) is 0 Å². The summed E-state index contributed by atoms with van der Waals surface area (Å²) in [7, 11) is 0. The fourth-order valence-corrected chi connectivity index (χ4v) is 2.18. The highest BCUT2D eigenvalue weighted by Gasteiger charge is 2.18. The average Bonchev–Trinajstić information content (AvgIpc) is 2.93. The van der Waals surface area contributed by atoms with Gasteiger partial charge in [0.15, 0.2) is 0 Å². The van der Waals surface area contributed by atoms with Gasteiger partial charge in [0.05, 0.1) is 11.0 Å². The van der Waals surface area contributed by atoms with E-state index in [1.807, 2.05) is 13.8 Å². The first-order valence-corrected chi connectivity index (χ1v) is 6.95. The van der Waals surface area contributed by atoms with E-state index in [0.29, 0.717) is 11.5 Å². The lowest BCUT2D eigenvalue weighted by molar-refractivity contribution is -0.384. The molecule has 0 aliphatic heterocycles. The van der Waals surface area contributed by atoms with E-state index in [-0.39, 0.29) is 22.6 Å². The van der Waals surface area contributed by atoms with Crippen LogP contribution in [0.3, 0.4) is 0 Å². The van der Waals surface area contributed by atoms with Gasteiger partial charge in [-0.2, -0.15) is 0 Å². The maximum absolute atomic E-state index is 10.9. The summed E-state index contributed by atoms with van der Waals surface area (Å²) in [5, 5.41) is 22.3. The van der Waals surface area contributed by atoms with E-state index in [1.165, 1.54) is 12.1 Å². The third-order valence-corrected chi connectivity index (χ3v) is 3.16. The minimum Gasteiger partial charge on any atom is -0.419 e. The molecule has 21 heavy (non-hydrogen) atoms. The number of nitrogens with one attached hydrogen (secondary N) is 1. The van der Waals surface area contributed by atoms with Gasteiger partial charge >= 0.3 is 0 Å². The second-order valence-electron chi connectivity index (χ2n) is 4.42. The molecule has 0 radical (unpaired) electrons. The molecule has 1 aromatic carbocycles. The van der Waals surface area contributed by atoms with Gasteiger partial charge in [0.25, 0.3) is 5.69 Å². The molecule has 2 aromatic rings. The summed E-state index contributed by atoms with van der Waals surface area (Å²) in [5.74, 6) is 0.670. The highest BCUT2D eigenvalue weighted by Crippen LogP contribution is 2.28. The topological polar surface area (TPSA) is 94.1 Å². The van der Waals surface area contributed by atoms with Gasteiger partial charge in [0.1, 0.15) is 0 Å². The largest absolute Gasteiger partial charge is 0.419 e. The van der Waals surface area contributed by atoms with E-state index < -0.39 is 4.92 Å². The Hall–Kier alpha value is -1.99. The van der Waals surface area contributed by atoms with Crippen LogP contribution >= 0.6 is 11.6 Å². The lowest BCUT2D eigenvalue weighted by Crippen LogP contribution is -2.20. The molecule has 0 aliphatic carbocycles. The summed E-state index contributed by atoms with van der Waals surface area (Å²) in [6, 6.07) is 4.15. The summed E-state index contributed by atoms with van der Waals surface area (Å²) in [6.45, 7) is 4.76. The Morgan fingerprint density at radius 3 is 2.76 bits per heavy atom. The van der Waals surface area contributed by atoms with E-state index >= 15 is 0 Å². The van der Waals surface area contributed by atoms with E-state index in [1.54, 1.807) is 6.07 Å². The summed E-state index contributed by atoms with van der Waals surface area (Å²) in [4.78, 5) is 10.3. The van der Waals surface area contributed by atoms with Crippen LogP contribution in [0.25, 0.3) is 11.5 Å². The smallest absolute Gasteiger partial charge is 0.271 e. The Balaban J connectivity index is 2.35. The molecular weight excluding hydrogens is 296 g/mol. The maximum atomic E-state index is 10.9. The lowest BCUT2D eigenvalue weighted by atomic mass is 10.2. The summed E-state index contributed by atoms with van der Waals surface area (Å²) in [6.07, 6.45) is 0.797. The molecule has 0 amide bonds. The number of rotatable bonds is 6. The summed E-state index contributed by atoms with van der Waals surface area (Å²) >= 11 is 5.88. The van der Waals surface area contributed by atoms with Crippen LogP contribution in [-0.4, -0.2) is 21.7 Å². The van der Waals surface area contributed by atoms with Gasteiger partial charge in [0.2, 0.25) is 11.8 Å². The van der Waals surface area contributed by atoms with Crippen molar-refractivity contribution in [1.29, 1.82) is 0 Å². The van der Waals surface area contributed by atoms with Crippen LogP contribution < -0.4 is 5.32 Å². The van der Waals surface area contributed by atoms with Gasteiger partial charge in [-0.15, -0.1) is 10.2 Å². The highest BCUT2D eigenvalue weighted by atomic mass is 35.5. The van der Waals surface area contributed by atoms with Crippen LogP contribution in [0, 0.1) is 10.1 Å². The van der Waals surface area contributed by atoms with Gasteiger partial charge in [-0.05, 0) is 19.0 Å². The number of aromatic nitrogens is 2. The number of non-ortho nitro benzene ring substituents is 1. The molecule has 1 aromatic heterocycles. The Labute approximate surface area is 126 Å². The normalized spacial score (nSPS) is 12.3. The predicted octanol–water partition coefficient (Wildman–Crippen LogP) is 3.36. The van der Waals surface area contributed by atoms with Crippen molar-refractivity contribution in [2.24, 2.45) is 0 Å². The molecule has 0 aliphatic rings. The third kappa shape index (κ3) is 3.56. The van der Waals surface area contributed by atoms with Crippen LogP contribution in [0.1, 0.15) is 32.2 Å².